The summed E-state index contributed by atoms with van der Waals surface area (Å²) in [5.41, 5.74) is -1.82. The molecule has 2 aliphatic heterocycles. The summed E-state index contributed by atoms with van der Waals surface area (Å²) in [5.74, 6) is -3.23. The van der Waals surface area contributed by atoms with E-state index in [1.165, 1.54) is 28.8 Å². The highest BCUT2D eigenvalue weighted by Crippen LogP contribution is 2.34. The molecule has 1 aromatic carbocycles. The molecule has 3 rings (SSSR count). The number of rotatable bonds is 6. The largest absolute Gasteiger partial charge is 0.478 e. The lowest BCUT2D eigenvalue weighted by molar-refractivity contribution is 0.0291. The van der Waals surface area contributed by atoms with E-state index in [1.807, 2.05) is 0 Å². The number of hydrogen-bond donors (Lipinski definition) is 1. The fraction of sp³-hybridized carbons (Fsp3) is 0.500. The summed E-state index contributed by atoms with van der Waals surface area (Å²) in [6.45, 7) is 1.52. The van der Waals surface area contributed by atoms with E-state index in [4.69, 9.17) is 21.1 Å². The topological polar surface area (TPSA) is 146 Å². The molecular formula is C20H25ClN4O8S. The second-order valence-corrected chi connectivity index (χ2v) is 9.74. The van der Waals surface area contributed by atoms with Gasteiger partial charge in [-0.15, -0.1) is 4.40 Å². The number of sulfonamides is 1. The van der Waals surface area contributed by atoms with Gasteiger partial charge in [0.25, 0.3) is 21.8 Å². The van der Waals surface area contributed by atoms with Gasteiger partial charge in [0.1, 0.15) is 11.2 Å². The van der Waals surface area contributed by atoms with Crippen LogP contribution >= 0.6 is 11.6 Å². The van der Waals surface area contributed by atoms with Crippen LogP contribution in [-0.4, -0.2) is 119 Å². The molecule has 186 valence electrons. The van der Waals surface area contributed by atoms with Crippen molar-refractivity contribution >= 4 is 45.7 Å². The maximum Gasteiger partial charge on any atom is 0.337 e. The number of hydrogen-bond acceptors (Lipinski definition) is 7. The molecule has 1 aromatic rings. The molecule has 2 amide bonds. The summed E-state index contributed by atoms with van der Waals surface area (Å²) in [5, 5.41) is 9.59. The maximum atomic E-state index is 13.5. The van der Waals surface area contributed by atoms with E-state index in [0.717, 1.165) is 12.4 Å². The molecule has 0 bridgehead atoms. The molecule has 2 saturated heterocycles. The summed E-state index contributed by atoms with van der Waals surface area (Å²) in [6, 6.07) is 0.969. The van der Waals surface area contributed by atoms with Crippen LogP contribution in [0, 0.1) is 0 Å². The predicted octanol–water partition coefficient (Wildman–Crippen LogP) is 0.262. The Morgan fingerprint density at radius 3 is 1.97 bits per heavy atom. The lowest BCUT2D eigenvalue weighted by Gasteiger charge is -2.30. The van der Waals surface area contributed by atoms with E-state index in [9.17, 15) is 27.9 Å². The number of ether oxygens (including phenoxy) is 2. The lowest BCUT2D eigenvalue weighted by Crippen LogP contribution is -2.43. The van der Waals surface area contributed by atoms with E-state index < -0.39 is 48.9 Å². The van der Waals surface area contributed by atoms with Crippen molar-refractivity contribution in [3.63, 3.8) is 0 Å². The SMILES string of the molecule is CN(C)C=NS(=O)(=O)c1c(Cl)cc(C(=O)N2CCOCC2)c(C(=O)O)c1C(=O)N1CCOCC1. The van der Waals surface area contributed by atoms with E-state index in [2.05, 4.69) is 4.40 Å². The highest BCUT2D eigenvalue weighted by molar-refractivity contribution is 7.90. The molecule has 0 spiro atoms. The first-order valence-corrected chi connectivity index (χ1v) is 12.2. The Kier molecular flexibility index (Phi) is 8.13. The monoisotopic (exact) mass is 516 g/mol. The van der Waals surface area contributed by atoms with E-state index >= 15 is 0 Å². The van der Waals surface area contributed by atoms with Gasteiger partial charge in [0, 0.05) is 40.3 Å². The Balaban J connectivity index is 2.29. The Bertz CT molecular complexity index is 1110. The first-order valence-electron chi connectivity index (χ1n) is 10.3. The molecule has 0 atom stereocenters. The fourth-order valence-electron chi connectivity index (χ4n) is 3.55. The van der Waals surface area contributed by atoms with E-state index in [1.54, 1.807) is 0 Å². The minimum absolute atomic E-state index is 0.109. The van der Waals surface area contributed by atoms with Crippen molar-refractivity contribution in [2.75, 3.05) is 66.7 Å². The molecule has 0 saturated carbocycles. The van der Waals surface area contributed by atoms with E-state index in [-0.39, 0.29) is 58.2 Å². The Morgan fingerprint density at radius 1 is 1.00 bits per heavy atom. The summed E-state index contributed by atoms with van der Waals surface area (Å²) in [6.07, 6.45) is 0.988. The van der Waals surface area contributed by atoms with Crippen molar-refractivity contribution in [1.82, 2.24) is 14.7 Å². The van der Waals surface area contributed by atoms with Gasteiger partial charge in [-0.2, -0.15) is 8.42 Å². The second kappa shape index (κ2) is 10.7. The van der Waals surface area contributed by atoms with Gasteiger partial charge in [-0.05, 0) is 6.07 Å². The molecule has 34 heavy (non-hydrogen) atoms. The number of carboxylic acid groups (broad SMARTS) is 1. The summed E-state index contributed by atoms with van der Waals surface area (Å²) < 4.78 is 40.2. The fourth-order valence-corrected chi connectivity index (χ4v) is 5.22. The predicted molar refractivity (Wildman–Crippen MR) is 121 cm³/mol. The molecule has 0 aromatic heterocycles. The van der Waals surface area contributed by atoms with Crippen molar-refractivity contribution in [3.8, 4) is 0 Å². The van der Waals surface area contributed by atoms with Gasteiger partial charge in [-0.25, -0.2) is 4.79 Å². The van der Waals surface area contributed by atoms with Crippen LogP contribution in [0.1, 0.15) is 31.1 Å². The number of halogens is 1. The first kappa shape index (κ1) is 25.9. The Hall–Kier alpha value is -2.74. The minimum Gasteiger partial charge on any atom is -0.478 e. The Labute approximate surface area is 201 Å². The van der Waals surface area contributed by atoms with Crippen molar-refractivity contribution in [2.24, 2.45) is 4.40 Å². The molecule has 0 radical (unpaired) electrons. The van der Waals surface area contributed by atoms with Gasteiger partial charge in [0.2, 0.25) is 0 Å². The lowest BCUT2D eigenvalue weighted by atomic mass is 9.98. The smallest absolute Gasteiger partial charge is 0.337 e. The number of carbonyl (C=O) groups excluding carboxylic acids is 2. The molecule has 2 fully saturated rings. The van der Waals surface area contributed by atoms with Crippen molar-refractivity contribution < 1.29 is 37.4 Å². The zero-order valence-electron chi connectivity index (χ0n) is 18.7. The molecule has 0 unspecified atom stereocenters. The summed E-state index contributed by atoms with van der Waals surface area (Å²) in [7, 11) is -1.55. The minimum atomic E-state index is -4.61. The third kappa shape index (κ3) is 5.49. The average molecular weight is 517 g/mol. The Morgan fingerprint density at radius 2 is 1.50 bits per heavy atom. The second-order valence-electron chi connectivity index (χ2n) is 7.76. The normalized spacial score (nSPS) is 17.1. The standard InChI is InChI=1S/C20H25ClN4O8S/c1-23(2)12-22-34(30,31)17-14(21)11-13(18(26)24-3-7-32-8-4-24)15(20(28)29)16(17)19(27)25-5-9-33-10-6-25/h11-12H,3-10H2,1-2H3,(H,28,29). The van der Waals surface area contributed by atoms with E-state index in [0.29, 0.717) is 0 Å². The molecule has 14 heteroatoms. The van der Waals surface area contributed by atoms with Crippen LogP contribution < -0.4 is 0 Å². The molecule has 2 heterocycles. The van der Waals surface area contributed by atoms with Crippen LogP contribution in [0.3, 0.4) is 0 Å². The van der Waals surface area contributed by atoms with Gasteiger partial charge >= 0.3 is 5.97 Å². The van der Waals surface area contributed by atoms with Crippen LogP contribution in [0.2, 0.25) is 5.02 Å². The van der Waals surface area contributed by atoms with Crippen molar-refractivity contribution in [3.05, 3.63) is 27.8 Å². The molecular weight excluding hydrogens is 492 g/mol. The van der Waals surface area contributed by atoms with Gasteiger partial charge in [-0.1, -0.05) is 11.6 Å². The molecule has 0 aliphatic carbocycles. The van der Waals surface area contributed by atoms with Crippen molar-refractivity contribution in [2.45, 2.75) is 4.90 Å². The number of nitrogens with zero attached hydrogens (tertiary/aromatic N) is 4. The third-order valence-electron chi connectivity index (χ3n) is 5.16. The third-order valence-corrected chi connectivity index (χ3v) is 6.89. The van der Waals surface area contributed by atoms with Crippen LogP contribution in [0.4, 0.5) is 0 Å². The van der Waals surface area contributed by atoms with Crippen molar-refractivity contribution in [1.29, 1.82) is 0 Å². The molecule has 2 aliphatic rings. The highest BCUT2D eigenvalue weighted by Gasteiger charge is 2.38. The number of aromatic carboxylic acids is 1. The number of carbonyl (C=O) groups is 3. The van der Waals surface area contributed by atoms with Crippen LogP contribution in [0.25, 0.3) is 0 Å². The number of carboxylic acids is 1. The number of amides is 2. The zero-order chi connectivity index (χ0) is 25.0. The quantitative estimate of drug-likeness (QED) is 0.415. The summed E-state index contributed by atoms with van der Waals surface area (Å²) in [4.78, 5) is 42.3. The zero-order valence-corrected chi connectivity index (χ0v) is 20.3. The maximum absolute atomic E-state index is 13.5. The highest BCUT2D eigenvalue weighted by atomic mass is 35.5. The molecule has 12 nitrogen and oxygen atoms in total. The number of benzene rings is 1. The van der Waals surface area contributed by atoms with Crippen LogP contribution in [-0.2, 0) is 19.5 Å². The van der Waals surface area contributed by atoms with Gasteiger partial charge in [0.05, 0.1) is 48.1 Å². The molecule has 1 N–H and O–H groups in total. The average Bonchev–Trinajstić information content (AvgIpc) is 2.81. The van der Waals surface area contributed by atoms with Gasteiger partial charge in [0.15, 0.2) is 0 Å². The van der Waals surface area contributed by atoms with Crippen LogP contribution in [0.15, 0.2) is 15.4 Å². The van der Waals surface area contributed by atoms with Gasteiger partial charge in [-0.3, -0.25) is 9.59 Å². The summed E-state index contributed by atoms with van der Waals surface area (Å²) >= 11 is 6.33. The number of morpholine rings is 2. The first-order chi connectivity index (χ1) is 16.0. The van der Waals surface area contributed by atoms with Crippen LogP contribution in [0.5, 0.6) is 0 Å². The van der Waals surface area contributed by atoms with Gasteiger partial charge < -0.3 is 29.3 Å².